The zero-order chi connectivity index (χ0) is 17.6. The van der Waals surface area contributed by atoms with Gasteiger partial charge in [-0.25, -0.2) is 4.79 Å². The number of carbonyl (C=O) groups is 2. The van der Waals surface area contributed by atoms with E-state index in [-0.39, 0.29) is 18.2 Å². The predicted octanol–water partition coefficient (Wildman–Crippen LogP) is 0.703. The largest absolute Gasteiger partial charge is 0.481 e. The molecular formula is C16H28N2O6. The number of rotatable bonds is 6. The molecule has 0 spiro atoms. The summed E-state index contributed by atoms with van der Waals surface area (Å²) in [4.78, 5) is 25.4. The second kappa shape index (κ2) is 8.64. The molecule has 8 nitrogen and oxygen atoms in total. The molecule has 2 heterocycles. The smallest absolute Gasteiger partial charge is 0.317 e. The summed E-state index contributed by atoms with van der Waals surface area (Å²) in [7, 11) is 1.61. The molecule has 2 amide bonds. The number of carboxylic acids is 1. The molecule has 2 fully saturated rings. The summed E-state index contributed by atoms with van der Waals surface area (Å²) in [6.45, 7) is 4.63. The summed E-state index contributed by atoms with van der Waals surface area (Å²) in [5.41, 5.74) is -0.735. The molecule has 2 aliphatic heterocycles. The molecule has 0 bridgehead atoms. The molecular weight excluding hydrogens is 316 g/mol. The van der Waals surface area contributed by atoms with Crippen molar-refractivity contribution in [2.75, 3.05) is 46.6 Å². The molecule has 24 heavy (non-hydrogen) atoms. The van der Waals surface area contributed by atoms with Crippen molar-refractivity contribution in [2.24, 2.45) is 5.41 Å². The Morgan fingerprint density at radius 1 is 1.33 bits per heavy atom. The Labute approximate surface area is 142 Å². The first-order valence-corrected chi connectivity index (χ1v) is 8.43. The van der Waals surface area contributed by atoms with Crippen LogP contribution in [0.5, 0.6) is 0 Å². The van der Waals surface area contributed by atoms with Crippen LogP contribution in [-0.2, 0) is 19.0 Å². The average molecular weight is 344 g/mol. The minimum absolute atomic E-state index is 0.101. The Morgan fingerprint density at radius 3 is 2.67 bits per heavy atom. The Kier molecular flexibility index (Phi) is 6.82. The van der Waals surface area contributed by atoms with Crippen molar-refractivity contribution in [1.29, 1.82) is 0 Å². The van der Waals surface area contributed by atoms with E-state index in [1.54, 1.807) is 18.9 Å². The lowest BCUT2D eigenvalue weighted by Gasteiger charge is -2.38. The summed E-state index contributed by atoms with van der Waals surface area (Å²) < 4.78 is 16.1. The maximum atomic E-state index is 12.5. The van der Waals surface area contributed by atoms with Crippen LogP contribution < -0.4 is 5.32 Å². The van der Waals surface area contributed by atoms with E-state index in [2.05, 4.69) is 5.32 Å². The summed E-state index contributed by atoms with van der Waals surface area (Å²) >= 11 is 0. The van der Waals surface area contributed by atoms with E-state index < -0.39 is 11.4 Å². The van der Waals surface area contributed by atoms with E-state index in [0.29, 0.717) is 58.8 Å². The van der Waals surface area contributed by atoms with Crippen LogP contribution in [0.25, 0.3) is 0 Å². The minimum Gasteiger partial charge on any atom is -0.481 e. The Balaban J connectivity index is 1.83. The summed E-state index contributed by atoms with van der Waals surface area (Å²) in [6.07, 6.45) is 1.45. The molecule has 2 rings (SSSR count). The van der Waals surface area contributed by atoms with Crippen LogP contribution in [0.4, 0.5) is 4.79 Å². The van der Waals surface area contributed by atoms with Crippen LogP contribution >= 0.6 is 0 Å². The van der Waals surface area contributed by atoms with Gasteiger partial charge in [0.05, 0.1) is 31.3 Å². The molecule has 2 atom stereocenters. The first kappa shape index (κ1) is 19.0. The van der Waals surface area contributed by atoms with Gasteiger partial charge in [0.2, 0.25) is 0 Å². The van der Waals surface area contributed by atoms with Crippen LogP contribution in [0.1, 0.15) is 26.2 Å². The molecule has 0 radical (unpaired) electrons. The van der Waals surface area contributed by atoms with Crippen LogP contribution in [-0.4, -0.2) is 80.8 Å². The molecule has 0 saturated carbocycles. The van der Waals surface area contributed by atoms with Gasteiger partial charge in [-0.3, -0.25) is 4.79 Å². The van der Waals surface area contributed by atoms with Gasteiger partial charge >= 0.3 is 12.0 Å². The van der Waals surface area contributed by atoms with Crippen molar-refractivity contribution in [3.05, 3.63) is 0 Å². The summed E-state index contributed by atoms with van der Waals surface area (Å²) in [6, 6.07) is -0.259. The zero-order valence-electron chi connectivity index (χ0n) is 14.5. The van der Waals surface area contributed by atoms with Gasteiger partial charge in [-0.2, -0.15) is 0 Å². The SMILES string of the molecule is COCCOC1COCCC1NC(=O)N1CCC(C)(C(=O)O)CC1. The fourth-order valence-electron chi connectivity index (χ4n) is 2.99. The number of carboxylic acid groups (broad SMARTS) is 1. The normalized spacial score (nSPS) is 26.8. The van der Waals surface area contributed by atoms with Crippen LogP contribution in [0, 0.1) is 5.41 Å². The first-order chi connectivity index (χ1) is 11.5. The van der Waals surface area contributed by atoms with Crippen molar-refractivity contribution in [3.63, 3.8) is 0 Å². The molecule has 0 aliphatic carbocycles. The van der Waals surface area contributed by atoms with Crippen molar-refractivity contribution >= 4 is 12.0 Å². The molecule has 2 aliphatic rings. The molecule has 8 heteroatoms. The number of nitrogens with zero attached hydrogens (tertiary/aromatic N) is 1. The number of piperidine rings is 1. The monoisotopic (exact) mass is 344 g/mol. The molecule has 2 unspecified atom stereocenters. The number of ether oxygens (including phenoxy) is 3. The van der Waals surface area contributed by atoms with Gasteiger partial charge in [-0.1, -0.05) is 0 Å². The summed E-state index contributed by atoms with van der Waals surface area (Å²) in [5.74, 6) is -0.793. The number of amides is 2. The van der Waals surface area contributed by atoms with Gasteiger partial charge in [0.1, 0.15) is 6.10 Å². The Hall–Kier alpha value is -1.38. The van der Waals surface area contributed by atoms with Gasteiger partial charge in [0.15, 0.2) is 0 Å². The number of hydrogen-bond acceptors (Lipinski definition) is 5. The third-order valence-corrected chi connectivity index (χ3v) is 4.90. The lowest BCUT2D eigenvalue weighted by Crippen LogP contribution is -2.55. The number of nitrogens with one attached hydrogen (secondary N) is 1. The van der Waals surface area contributed by atoms with Gasteiger partial charge in [0, 0.05) is 26.8 Å². The molecule has 2 saturated heterocycles. The van der Waals surface area contributed by atoms with E-state index in [0.717, 1.165) is 0 Å². The van der Waals surface area contributed by atoms with E-state index in [4.69, 9.17) is 14.2 Å². The van der Waals surface area contributed by atoms with E-state index in [1.165, 1.54) is 0 Å². The van der Waals surface area contributed by atoms with Gasteiger partial charge < -0.3 is 29.5 Å². The van der Waals surface area contributed by atoms with Crippen molar-refractivity contribution in [2.45, 2.75) is 38.3 Å². The van der Waals surface area contributed by atoms with Crippen LogP contribution in [0.15, 0.2) is 0 Å². The third-order valence-electron chi connectivity index (χ3n) is 4.90. The first-order valence-electron chi connectivity index (χ1n) is 8.43. The quantitative estimate of drug-likeness (QED) is 0.689. The molecule has 0 aromatic rings. The second-order valence-corrected chi connectivity index (χ2v) is 6.67. The number of likely N-dealkylation sites (tertiary alicyclic amines) is 1. The highest BCUT2D eigenvalue weighted by atomic mass is 16.6. The molecule has 2 N–H and O–H groups in total. The topological polar surface area (TPSA) is 97.3 Å². The lowest BCUT2D eigenvalue weighted by atomic mass is 9.80. The maximum Gasteiger partial charge on any atom is 0.317 e. The van der Waals surface area contributed by atoms with Gasteiger partial charge in [0.25, 0.3) is 0 Å². The molecule has 0 aromatic heterocycles. The lowest BCUT2D eigenvalue weighted by molar-refractivity contribution is -0.150. The van der Waals surface area contributed by atoms with Crippen molar-refractivity contribution in [3.8, 4) is 0 Å². The van der Waals surface area contributed by atoms with Crippen molar-refractivity contribution in [1.82, 2.24) is 10.2 Å². The van der Waals surface area contributed by atoms with Crippen LogP contribution in [0.2, 0.25) is 0 Å². The fraction of sp³-hybridized carbons (Fsp3) is 0.875. The number of urea groups is 1. The predicted molar refractivity (Wildman–Crippen MR) is 85.9 cm³/mol. The van der Waals surface area contributed by atoms with E-state index in [1.807, 2.05) is 0 Å². The average Bonchev–Trinajstić information content (AvgIpc) is 2.57. The maximum absolute atomic E-state index is 12.5. The Bertz CT molecular complexity index is 436. The standard InChI is InChI=1S/C16H28N2O6/c1-16(14(19)20)4-6-18(7-5-16)15(21)17-12-3-8-23-11-13(12)24-10-9-22-2/h12-13H,3-11H2,1-2H3,(H,17,21)(H,19,20). The third kappa shape index (κ3) is 4.81. The minimum atomic E-state index is -0.793. The highest BCUT2D eigenvalue weighted by molar-refractivity contribution is 5.77. The highest BCUT2D eigenvalue weighted by Gasteiger charge is 2.38. The zero-order valence-corrected chi connectivity index (χ0v) is 14.5. The number of hydrogen-bond donors (Lipinski definition) is 2. The second-order valence-electron chi connectivity index (χ2n) is 6.67. The number of aliphatic carboxylic acids is 1. The summed E-state index contributed by atoms with van der Waals surface area (Å²) in [5, 5.41) is 12.3. The Morgan fingerprint density at radius 2 is 2.04 bits per heavy atom. The van der Waals surface area contributed by atoms with Crippen LogP contribution in [0.3, 0.4) is 0 Å². The van der Waals surface area contributed by atoms with Gasteiger partial charge in [-0.05, 0) is 26.2 Å². The number of carbonyl (C=O) groups excluding carboxylic acids is 1. The fourth-order valence-corrected chi connectivity index (χ4v) is 2.99. The molecule has 138 valence electrons. The van der Waals surface area contributed by atoms with E-state index in [9.17, 15) is 14.7 Å². The molecule has 0 aromatic carbocycles. The highest BCUT2D eigenvalue weighted by Crippen LogP contribution is 2.31. The van der Waals surface area contributed by atoms with Crippen molar-refractivity contribution < 1.29 is 28.9 Å². The van der Waals surface area contributed by atoms with Gasteiger partial charge in [-0.15, -0.1) is 0 Å². The number of methoxy groups -OCH3 is 1. The van der Waals surface area contributed by atoms with E-state index >= 15 is 0 Å².